The van der Waals surface area contributed by atoms with Crippen LogP contribution in [0.1, 0.15) is 31.7 Å². The third-order valence-corrected chi connectivity index (χ3v) is 4.31. The van der Waals surface area contributed by atoms with Crippen molar-refractivity contribution in [2.24, 2.45) is 0 Å². The Bertz CT molecular complexity index is 1200. The van der Waals surface area contributed by atoms with Crippen LogP contribution in [0.3, 0.4) is 0 Å². The van der Waals surface area contributed by atoms with E-state index in [0.29, 0.717) is 33.8 Å². The molecule has 9 nitrogen and oxygen atoms in total. The minimum Gasteiger partial charge on any atom is -0.482 e. The van der Waals surface area contributed by atoms with Crippen molar-refractivity contribution in [2.45, 2.75) is 20.5 Å². The van der Waals surface area contributed by atoms with E-state index in [1.165, 1.54) is 41.7 Å². The monoisotopic (exact) mass is 406 g/mol. The number of aromatic amines is 1. The molecule has 0 aliphatic heterocycles. The number of rotatable bonds is 5. The van der Waals surface area contributed by atoms with E-state index in [2.05, 4.69) is 25.4 Å². The Kier molecular flexibility index (Phi) is 5.73. The van der Waals surface area contributed by atoms with Gasteiger partial charge in [-0.05, 0) is 31.2 Å². The molecule has 30 heavy (non-hydrogen) atoms. The molecule has 3 aromatic heterocycles. The van der Waals surface area contributed by atoms with Crippen LogP contribution < -0.4 is 10.5 Å². The van der Waals surface area contributed by atoms with Gasteiger partial charge in [-0.25, -0.2) is 9.37 Å². The first-order valence-corrected chi connectivity index (χ1v) is 8.59. The number of hydrogen-bond acceptors (Lipinski definition) is 7. The molecule has 0 saturated heterocycles. The normalized spacial score (nSPS) is 11.4. The quantitative estimate of drug-likeness (QED) is 0.519. The number of ether oxygens (including phenoxy) is 1. The Morgan fingerprint density at radius 2 is 2.00 bits per heavy atom. The van der Waals surface area contributed by atoms with Gasteiger partial charge in [-0.1, -0.05) is 7.43 Å². The minimum absolute atomic E-state index is 0. The molecule has 4 rings (SSSR count). The van der Waals surface area contributed by atoms with Crippen molar-refractivity contribution in [1.29, 1.82) is 5.26 Å². The molecule has 0 bridgehead atoms. The number of nitriles is 1. The van der Waals surface area contributed by atoms with E-state index in [4.69, 9.17) is 10.5 Å². The second-order valence-corrected chi connectivity index (χ2v) is 6.16. The lowest BCUT2D eigenvalue weighted by molar-refractivity contribution is 0.226. The summed E-state index contributed by atoms with van der Waals surface area (Å²) in [5.74, 6) is 0.0461. The molecular weight excluding hydrogens is 387 g/mol. The first kappa shape index (κ1) is 20.5. The van der Waals surface area contributed by atoms with Crippen LogP contribution in [-0.2, 0) is 0 Å². The van der Waals surface area contributed by atoms with E-state index in [9.17, 15) is 9.65 Å². The second kappa shape index (κ2) is 8.40. The Hall–Kier alpha value is -4.26. The number of hydrogen-bond donors (Lipinski definition) is 2. The van der Waals surface area contributed by atoms with Crippen molar-refractivity contribution in [3.05, 3.63) is 66.1 Å². The van der Waals surface area contributed by atoms with E-state index >= 15 is 0 Å². The summed E-state index contributed by atoms with van der Waals surface area (Å²) in [7, 11) is 0. The number of H-pyrrole nitrogens is 1. The van der Waals surface area contributed by atoms with Crippen LogP contribution in [-0.4, -0.2) is 30.2 Å². The first-order chi connectivity index (χ1) is 14.1. The molecule has 0 spiro atoms. The van der Waals surface area contributed by atoms with Crippen LogP contribution in [0.4, 0.5) is 10.2 Å². The van der Waals surface area contributed by atoms with Gasteiger partial charge in [0.25, 0.3) is 0 Å². The third-order valence-electron chi connectivity index (χ3n) is 4.31. The highest BCUT2D eigenvalue weighted by Gasteiger charge is 2.18. The van der Waals surface area contributed by atoms with Crippen LogP contribution in [0.2, 0.25) is 0 Å². The van der Waals surface area contributed by atoms with Gasteiger partial charge < -0.3 is 10.5 Å². The van der Waals surface area contributed by atoms with E-state index in [-0.39, 0.29) is 13.2 Å². The number of aromatic nitrogens is 6. The van der Waals surface area contributed by atoms with Gasteiger partial charge in [0, 0.05) is 22.9 Å². The second-order valence-electron chi connectivity index (χ2n) is 6.16. The van der Waals surface area contributed by atoms with Crippen molar-refractivity contribution in [1.82, 2.24) is 30.2 Å². The summed E-state index contributed by atoms with van der Waals surface area (Å²) in [6, 6.07) is 7.96. The zero-order valence-corrected chi connectivity index (χ0v) is 15.2. The standard InChI is InChI=1S/C19H15FN8O.CH4/c1-11(14-7-13(20)2-3-17(14)28-25-4-5-26-28)29-18-6-12(9-23-19(18)22)15-10-24-27-16(15)8-21;/h2-7,9-11H,1H3,(H2,22,23)(H,24,27);1H4/t11-;/m1./s1. The number of halogens is 1. The number of nitrogens with two attached hydrogens (primary N) is 1. The Labute approximate surface area is 171 Å². The molecule has 3 heterocycles. The van der Waals surface area contributed by atoms with Gasteiger partial charge >= 0.3 is 0 Å². The minimum atomic E-state index is -0.592. The molecule has 1 aromatic carbocycles. The third kappa shape index (κ3) is 3.81. The maximum absolute atomic E-state index is 13.9. The fourth-order valence-electron chi connectivity index (χ4n) is 2.91. The maximum atomic E-state index is 13.9. The molecule has 10 heteroatoms. The average Bonchev–Trinajstić information content (AvgIpc) is 3.41. The van der Waals surface area contributed by atoms with Gasteiger partial charge in [-0.15, -0.1) is 0 Å². The summed E-state index contributed by atoms with van der Waals surface area (Å²) in [6.45, 7) is 1.76. The first-order valence-electron chi connectivity index (χ1n) is 8.59. The Morgan fingerprint density at radius 3 is 2.73 bits per heavy atom. The number of benzene rings is 1. The van der Waals surface area contributed by atoms with Gasteiger partial charge in [0.15, 0.2) is 11.6 Å². The van der Waals surface area contributed by atoms with Gasteiger partial charge in [-0.3, -0.25) is 5.10 Å². The van der Waals surface area contributed by atoms with E-state index in [1.807, 2.05) is 6.07 Å². The van der Waals surface area contributed by atoms with Crippen LogP contribution in [0.5, 0.6) is 5.75 Å². The van der Waals surface area contributed by atoms with Gasteiger partial charge in [0.05, 0.1) is 24.3 Å². The molecule has 0 amide bonds. The lowest BCUT2D eigenvalue weighted by atomic mass is 10.1. The number of pyridine rings is 1. The summed E-state index contributed by atoms with van der Waals surface area (Å²) in [5.41, 5.74) is 8.57. The van der Waals surface area contributed by atoms with Crippen LogP contribution >= 0.6 is 0 Å². The van der Waals surface area contributed by atoms with Crippen molar-refractivity contribution in [2.75, 3.05) is 5.73 Å². The Morgan fingerprint density at radius 1 is 1.23 bits per heavy atom. The molecule has 1 atom stereocenters. The van der Waals surface area contributed by atoms with Gasteiger partial charge in [0.2, 0.25) is 0 Å². The molecule has 152 valence electrons. The predicted molar refractivity (Wildman–Crippen MR) is 108 cm³/mol. The van der Waals surface area contributed by atoms with Crippen LogP contribution in [0.15, 0.2) is 49.1 Å². The number of anilines is 1. The zero-order valence-electron chi connectivity index (χ0n) is 15.2. The Balaban J connectivity index is 0.00000256. The largest absolute Gasteiger partial charge is 0.482 e. The van der Waals surface area contributed by atoms with Crippen LogP contribution in [0, 0.1) is 17.1 Å². The SMILES string of the molecule is C.C[C@@H](Oc1cc(-c2cn[nH]c2C#N)cnc1N)c1cc(F)ccc1-n1nccn1. The van der Waals surface area contributed by atoms with Crippen molar-refractivity contribution < 1.29 is 9.13 Å². The zero-order chi connectivity index (χ0) is 20.4. The summed E-state index contributed by atoms with van der Waals surface area (Å²) < 4.78 is 19.9. The summed E-state index contributed by atoms with van der Waals surface area (Å²) in [6.07, 6.45) is 5.52. The topological polar surface area (TPSA) is 131 Å². The molecular formula is C20H19FN8O. The fourth-order valence-corrected chi connectivity index (χ4v) is 2.91. The van der Waals surface area contributed by atoms with Crippen molar-refractivity contribution in [3.63, 3.8) is 0 Å². The van der Waals surface area contributed by atoms with Crippen molar-refractivity contribution in [3.8, 4) is 28.6 Å². The molecule has 4 aromatic rings. The van der Waals surface area contributed by atoms with E-state index in [1.54, 1.807) is 19.1 Å². The highest BCUT2D eigenvalue weighted by molar-refractivity contribution is 5.70. The lowest BCUT2D eigenvalue weighted by Gasteiger charge is -2.19. The van der Waals surface area contributed by atoms with Crippen molar-refractivity contribution >= 4 is 5.82 Å². The summed E-state index contributed by atoms with van der Waals surface area (Å²) >= 11 is 0. The molecule has 0 unspecified atom stereocenters. The molecule has 0 radical (unpaired) electrons. The molecule has 3 N–H and O–H groups in total. The molecule has 0 aliphatic carbocycles. The molecule has 0 saturated carbocycles. The summed E-state index contributed by atoms with van der Waals surface area (Å²) in [4.78, 5) is 5.53. The van der Waals surface area contributed by atoms with Crippen LogP contribution in [0.25, 0.3) is 16.8 Å². The highest BCUT2D eigenvalue weighted by atomic mass is 19.1. The summed E-state index contributed by atoms with van der Waals surface area (Å²) in [5, 5.41) is 23.9. The number of nitrogen functional groups attached to an aromatic ring is 1. The van der Waals surface area contributed by atoms with E-state index < -0.39 is 11.9 Å². The predicted octanol–water partition coefficient (Wildman–Crippen LogP) is 3.42. The highest BCUT2D eigenvalue weighted by Crippen LogP contribution is 2.32. The number of nitrogens with one attached hydrogen (secondary N) is 1. The van der Waals surface area contributed by atoms with Gasteiger partial charge in [0.1, 0.15) is 23.7 Å². The average molecular weight is 406 g/mol. The van der Waals surface area contributed by atoms with E-state index in [0.717, 1.165) is 0 Å². The lowest BCUT2D eigenvalue weighted by Crippen LogP contribution is -2.11. The maximum Gasteiger partial charge on any atom is 0.166 e. The smallest absolute Gasteiger partial charge is 0.166 e. The molecule has 0 fully saturated rings. The molecule has 0 aliphatic rings. The fraction of sp³-hybridized carbons (Fsp3) is 0.150. The number of nitrogens with zero attached hydrogens (tertiary/aromatic N) is 6. The van der Waals surface area contributed by atoms with Gasteiger partial charge in [-0.2, -0.15) is 25.4 Å².